The molecular weight excluding hydrogens is 354 g/mol. The van der Waals surface area contributed by atoms with Crippen LogP contribution >= 0.6 is 11.3 Å². The lowest BCUT2D eigenvalue weighted by atomic mass is 10.1. The van der Waals surface area contributed by atoms with Gasteiger partial charge in [-0.05, 0) is 39.8 Å². The van der Waals surface area contributed by atoms with Gasteiger partial charge in [0.1, 0.15) is 0 Å². The van der Waals surface area contributed by atoms with Crippen molar-refractivity contribution < 1.29 is 0 Å². The molecular formula is C21H33N5S. The van der Waals surface area contributed by atoms with E-state index in [1.165, 1.54) is 15.4 Å². The van der Waals surface area contributed by atoms with Crippen molar-refractivity contribution in [3.63, 3.8) is 0 Å². The van der Waals surface area contributed by atoms with E-state index in [4.69, 9.17) is 0 Å². The first-order chi connectivity index (χ1) is 13.0. The first-order valence-corrected chi connectivity index (χ1v) is 10.4. The number of benzene rings is 1. The van der Waals surface area contributed by atoms with Crippen LogP contribution in [0.3, 0.4) is 0 Å². The molecule has 2 rings (SSSR count). The van der Waals surface area contributed by atoms with Crippen LogP contribution in [0.2, 0.25) is 0 Å². The van der Waals surface area contributed by atoms with E-state index in [1.807, 2.05) is 7.05 Å². The van der Waals surface area contributed by atoms with Crippen LogP contribution in [-0.4, -0.2) is 49.1 Å². The molecule has 0 aliphatic rings. The first kappa shape index (κ1) is 21.4. The fourth-order valence-corrected chi connectivity index (χ4v) is 3.74. The predicted molar refractivity (Wildman–Crippen MR) is 117 cm³/mol. The molecule has 0 bridgehead atoms. The summed E-state index contributed by atoms with van der Waals surface area (Å²) in [4.78, 5) is 12.6. The highest BCUT2D eigenvalue weighted by molar-refractivity contribution is 7.11. The van der Waals surface area contributed by atoms with Crippen molar-refractivity contribution in [1.29, 1.82) is 0 Å². The van der Waals surface area contributed by atoms with Crippen molar-refractivity contribution in [3.05, 3.63) is 51.5 Å². The van der Waals surface area contributed by atoms with E-state index in [-0.39, 0.29) is 0 Å². The van der Waals surface area contributed by atoms with Crippen molar-refractivity contribution in [2.75, 3.05) is 27.2 Å². The average molecular weight is 388 g/mol. The molecule has 148 valence electrons. The van der Waals surface area contributed by atoms with Gasteiger partial charge in [0, 0.05) is 44.0 Å². The van der Waals surface area contributed by atoms with Crippen LogP contribution in [0.4, 0.5) is 0 Å². The maximum atomic E-state index is 4.58. The molecule has 6 heteroatoms. The van der Waals surface area contributed by atoms with E-state index in [2.05, 4.69) is 83.7 Å². The number of aryl methyl sites for hydroxylation is 2. The Labute approximate surface area is 167 Å². The molecule has 0 aliphatic heterocycles. The standard InChI is InChI=1S/C21H33N5S/c1-16(26(5)15-19-9-7-6-8-10-19)11-13-23-21(22-4)24-14-12-20-25-17(2)18(3)27-20/h6-10,16H,11-15H2,1-5H3,(H2,22,23,24). The predicted octanol–water partition coefficient (Wildman–Crippen LogP) is 3.38. The molecule has 1 heterocycles. The topological polar surface area (TPSA) is 52.6 Å². The van der Waals surface area contributed by atoms with Crippen LogP contribution in [0, 0.1) is 13.8 Å². The summed E-state index contributed by atoms with van der Waals surface area (Å²) in [5, 5.41) is 7.98. The van der Waals surface area contributed by atoms with Gasteiger partial charge in [0.2, 0.25) is 0 Å². The van der Waals surface area contributed by atoms with Gasteiger partial charge in [-0.15, -0.1) is 11.3 Å². The molecule has 5 nitrogen and oxygen atoms in total. The Balaban J connectivity index is 1.66. The van der Waals surface area contributed by atoms with Gasteiger partial charge in [-0.1, -0.05) is 30.3 Å². The highest BCUT2D eigenvalue weighted by atomic mass is 32.1. The van der Waals surface area contributed by atoms with Gasteiger partial charge in [-0.25, -0.2) is 4.98 Å². The maximum Gasteiger partial charge on any atom is 0.190 e. The van der Waals surface area contributed by atoms with Crippen LogP contribution < -0.4 is 10.6 Å². The Morgan fingerprint density at radius 3 is 2.52 bits per heavy atom. The van der Waals surface area contributed by atoms with E-state index in [1.54, 1.807) is 11.3 Å². The summed E-state index contributed by atoms with van der Waals surface area (Å²) in [6.45, 7) is 9.18. The Kier molecular flexibility index (Phi) is 8.75. The number of rotatable bonds is 9. The minimum Gasteiger partial charge on any atom is -0.356 e. The van der Waals surface area contributed by atoms with Crippen molar-refractivity contribution >= 4 is 17.3 Å². The summed E-state index contributed by atoms with van der Waals surface area (Å²) in [5.74, 6) is 0.859. The molecule has 0 spiro atoms. The van der Waals surface area contributed by atoms with Crippen LogP contribution in [-0.2, 0) is 13.0 Å². The van der Waals surface area contributed by atoms with E-state index in [0.29, 0.717) is 6.04 Å². The number of aliphatic imine (C=N–C) groups is 1. The van der Waals surface area contributed by atoms with Crippen LogP contribution in [0.15, 0.2) is 35.3 Å². The van der Waals surface area contributed by atoms with Crippen molar-refractivity contribution in [2.45, 2.75) is 46.2 Å². The van der Waals surface area contributed by atoms with Gasteiger partial charge in [-0.2, -0.15) is 0 Å². The molecule has 1 aromatic carbocycles. The number of hydrogen-bond acceptors (Lipinski definition) is 4. The Bertz CT molecular complexity index is 691. The largest absolute Gasteiger partial charge is 0.356 e. The fraction of sp³-hybridized carbons (Fsp3) is 0.524. The second kappa shape index (κ2) is 11.0. The molecule has 0 amide bonds. The van der Waals surface area contributed by atoms with E-state index in [9.17, 15) is 0 Å². The number of nitrogens with zero attached hydrogens (tertiary/aromatic N) is 3. The van der Waals surface area contributed by atoms with Crippen LogP contribution in [0.25, 0.3) is 0 Å². The monoisotopic (exact) mass is 387 g/mol. The van der Waals surface area contributed by atoms with Gasteiger partial charge in [0.15, 0.2) is 5.96 Å². The molecule has 1 unspecified atom stereocenters. The first-order valence-electron chi connectivity index (χ1n) is 9.61. The van der Waals surface area contributed by atoms with Gasteiger partial charge < -0.3 is 10.6 Å². The molecule has 27 heavy (non-hydrogen) atoms. The van der Waals surface area contributed by atoms with Crippen LogP contribution in [0.5, 0.6) is 0 Å². The van der Waals surface area contributed by atoms with E-state index in [0.717, 1.165) is 44.1 Å². The minimum atomic E-state index is 0.497. The van der Waals surface area contributed by atoms with Crippen molar-refractivity contribution in [3.8, 4) is 0 Å². The summed E-state index contributed by atoms with van der Waals surface area (Å²) in [6, 6.07) is 11.1. The lowest BCUT2D eigenvalue weighted by Crippen LogP contribution is -2.40. The summed E-state index contributed by atoms with van der Waals surface area (Å²) in [5.41, 5.74) is 2.50. The quantitative estimate of drug-likeness (QED) is 0.512. The molecule has 0 saturated heterocycles. The molecule has 0 saturated carbocycles. The molecule has 0 radical (unpaired) electrons. The third-order valence-corrected chi connectivity index (χ3v) is 5.94. The molecule has 1 atom stereocenters. The summed E-state index contributed by atoms with van der Waals surface area (Å²) < 4.78 is 0. The van der Waals surface area contributed by atoms with Gasteiger partial charge in [-0.3, -0.25) is 9.89 Å². The smallest absolute Gasteiger partial charge is 0.190 e. The third kappa shape index (κ3) is 7.31. The number of nitrogens with one attached hydrogen (secondary N) is 2. The third-order valence-electron chi connectivity index (χ3n) is 4.81. The highest BCUT2D eigenvalue weighted by Gasteiger charge is 2.10. The van der Waals surface area contributed by atoms with Gasteiger partial charge in [0.05, 0.1) is 10.7 Å². The molecule has 2 N–H and O–H groups in total. The number of thiazole rings is 1. The second-order valence-corrected chi connectivity index (χ2v) is 8.25. The number of hydrogen-bond donors (Lipinski definition) is 2. The van der Waals surface area contributed by atoms with Crippen molar-refractivity contribution in [2.24, 2.45) is 4.99 Å². The SMILES string of the molecule is CN=C(NCCc1nc(C)c(C)s1)NCCC(C)N(C)Cc1ccccc1. The summed E-state index contributed by atoms with van der Waals surface area (Å²) in [6.07, 6.45) is 1.99. The normalized spacial score (nSPS) is 13.0. The lowest BCUT2D eigenvalue weighted by Gasteiger charge is -2.25. The summed E-state index contributed by atoms with van der Waals surface area (Å²) in [7, 11) is 4.00. The highest BCUT2D eigenvalue weighted by Crippen LogP contribution is 2.16. The Morgan fingerprint density at radius 2 is 1.89 bits per heavy atom. The zero-order chi connectivity index (χ0) is 19.6. The molecule has 1 aromatic heterocycles. The second-order valence-electron chi connectivity index (χ2n) is 6.96. The average Bonchev–Trinajstić information content (AvgIpc) is 2.98. The van der Waals surface area contributed by atoms with Gasteiger partial charge >= 0.3 is 0 Å². The maximum absolute atomic E-state index is 4.58. The zero-order valence-electron chi connectivity index (χ0n) is 17.2. The summed E-state index contributed by atoms with van der Waals surface area (Å²) >= 11 is 1.78. The van der Waals surface area contributed by atoms with Crippen molar-refractivity contribution in [1.82, 2.24) is 20.5 Å². The van der Waals surface area contributed by atoms with Crippen LogP contribution in [0.1, 0.15) is 34.5 Å². The molecule has 2 aromatic rings. The van der Waals surface area contributed by atoms with E-state index >= 15 is 0 Å². The Morgan fingerprint density at radius 1 is 1.19 bits per heavy atom. The lowest BCUT2D eigenvalue weighted by molar-refractivity contribution is 0.238. The number of aromatic nitrogens is 1. The zero-order valence-corrected chi connectivity index (χ0v) is 18.1. The molecule has 0 aliphatic carbocycles. The van der Waals surface area contributed by atoms with E-state index < -0.39 is 0 Å². The Hall–Kier alpha value is -1.92. The van der Waals surface area contributed by atoms with Gasteiger partial charge in [0.25, 0.3) is 0 Å². The molecule has 0 fully saturated rings. The number of guanidine groups is 1. The minimum absolute atomic E-state index is 0.497. The fourth-order valence-electron chi connectivity index (χ4n) is 2.80.